The molecule has 0 spiro atoms. The van der Waals surface area contributed by atoms with Gasteiger partial charge in [-0.25, -0.2) is 4.79 Å². The Hall–Kier alpha value is -2.54. The average Bonchev–Trinajstić information content (AvgIpc) is 3.12. The number of rotatable bonds is 4. The second-order valence-corrected chi connectivity index (χ2v) is 7.06. The Balaban J connectivity index is 1.59. The van der Waals surface area contributed by atoms with Gasteiger partial charge in [0.15, 0.2) is 5.82 Å². The zero-order valence-corrected chi connectivity index (χ0v) is 14.8. The lowest BCUT2D eigenvalue weighted by atomic mass is 9.90. The number of aliphatic hydroxyl groups is 1. The van der Waals surface area contributed by atoms with Gasteiger partial charge in [0.2, 0.25) is 0 Å². The molecular formula is C18H24N4O3. The molecule has 1 aromatic carbocycles. The van der Waals surface area contributed by atoms with Crippen molar-refractivity contribution in [2.45, 2.75) is 26.5 Å². The summed E-state index contributed by atoms with van der Waals surface area (Å²) in [4.78, 5) is 13.9. The van der Waals surface area contributed by atoms with Crippen molar-refractivity contribution >= 4 is 11.8 Å². The van der Waals surface area contributed by atoms with E-state index in [0.717, 1.165) is 11.3 Å². The van der Waals surface area contributed by atoms with E-state index >= 15 is 0 Å². The molecule has 25 heavy (non-hydrogen) atoms. The van der Waals surface area contributed by atoms with Crippen molar-refractivity contribution in [3.05, 3.63) is 42.1 Å². The van der Waals surface area contributed by atoms with Crippen LogP contribution < -0.4 is 10.1 Å². The topological polar surface area (TPSA) is 79.6 Å². The third-order valence-corrected chi connectivity index (χ3v) is 4.56. The summed E-state index contributed by atoms with van der Waals surface area (Å²) in [5.74, 6) is 1.31. The quantitative estimate of drug-likeness (QED) is 0.891. The lowest BCUT2D eigenvalue weighted by molar-refractivity contribution is 0.0957. The fourth-order valence-electron chi connectivity index (χ4n) is 2.90. The molecule has 1 saturated heterocycles. The number of nitrogens with zero attached hydrogens (tertiary/aromatic N) is 3. The van der Waals surface area contributed by atoms with E-state index in [9.17, 15) is 9.90 Å². The molecule has 7 heteroatoms. The summed E-state index contributed by atoms with van der Waals surface area (Å²) < 4.78 is 6.91. The van der Waals surface area contributed by atoms with Gasteiger partial charge in [-0.05, 0) is 17.7 Å². The van der Waals surface area contributed by atoms with Crippen molar-refractivity contribution in [1.29, 1.82) is 0 Å². The summed E-state index contributed by atoms with van der Waals surface area (Å²) in [6.07, 6.45) is 1.31. The van der Waals surface area contributed by atoms with E-state index in [4.69, 9.17) is 4.74 Å². The number of β-amino-alcohol motifs (C(OH)–C–C–N with tert-alkyl or cyclic N) is 1. The fraction of sp³-hybridized carbons (Fsp3) is 0.444. The summed E-state index contributed by atoms with van der Waals surface area (Å²) in [7, 11) is 1.64. The maximum atomic E-state index is 12.3. The molecule has 1 aromatic heterocycles. The molecule has 2 heterocycles. The number of amides is 2. The zero-order chi connectivity index (χ0) is 18.0. The number of hydrogen-bond donors (Lipinski definition) is 2. The highest BCUT2D eigenvalue weighted by atomic mass is 16.5. The Bertz CT molecular complexity index is 739. The van der Waals surface area contributed by atoms with Gasteiger partial charge in [-0.2, -0.15) is 5.10 Å². The molecule has 0 radical (unpaired) electrons. The number of nitrogens with one attached hydrogen (secondary N) is 1. The van der Waals surface area contributed by atoms with Crippen LogP contribution in [0.4, 0.5) is 10.6 Å². The number of carbonyl (C=O) groups is 1. The highest BCUT2D eigenvalue weighted by molar-refractivity contribution is 5.88. The maximum absolute atomic E-state index is 12.3. The second kappa shape index (κ2) is 6.76. The van der Waals surface area contributed by atoms with Gasteiger partial charge in [0.1, 0.15) is 5.75 Å². The number of methoxy groups -OCH3 is 1. The first kappa shape index (κ1) is 17.3. The van der Waals surface area contributed by atoms with E-state index in [1.54, 1.807) is 22.8 Å². The second-order valence-electron chi connectivity index (χ2n) is 7.06. The molecule has 0 saturated carbocycles. The van der Waals surface area contributed by atoms with E-state index in [1.807, 2.05) is 44.3 Å². The van der Waals surface area contributed by atoms with Crippen LogP contribution in [0.3, 0.4) is 0 Å². The lowest BCUT2D eigenvalue weighted by Crippen LogP contribution is -2.34. The van der Waals surface area contributed by atoms with Gasteiger partial charge in [0.25, 0.3) is 0 Å². The van der Waals surface area contributed by atoms with Crippen LogP contribution in [0.5, 0.6) is 5.75 Å². The highest BCUT2D eigenvalue weighted by Gasteiger charge is 2.40. The third kappa shape index (κ3) is 3.93. The standard InChI is InChI=1S/C18H24N4O3/c1-18(2)12-21(11-15(18)23)17(24)19-16-8-9-22(20-16)10-13-4-6-14(25-3)7-5-13/h4-9,15,23H,10-12H2,1-3H3,(H,19,20,24). The predicted octanol–water partition coefficient (Wildman–Crippen LogP) is 2.17. The lowest BCUT2D eigenvalue weighted by Gasteiger charge is -2.20. The third-order valence-electron chi connectivity index (χ3n) is 4.56. The molecule has 2 N–H and O–H groups in total. The van der Waals surface area contributed by atoms with E-state index < -0.39 is 6.10 Å². The van der Waals surface area contributed by atoms with Crippen molar-refractivity contribution < 1.29 is 14.6 Å². The molecule has 1 aliphatic heterocycles. The fourth-order valence-corrected chi connectivity index (χ4v) is 2.90. The number of urea groups is 1. The first-order valence-electron chi connectivity index (χ1n) is 8.28. The Morgan fingerprint density at radius 1 is 1.36 bits per heavy atom. The molecule has 134 valence electrons. The Morgan fingerprint density at radius 2 is 2.08 bits per heavy atom. The number of ether oxygens (including phenoxy) is 1. The largest absolute Gasteiger partial charge is 0.497 e. The molecule has 0 aliphatic carbocycles. The summed E-state index contributed by atoms with van der Waals surface area (Å²) in [5, 5.41) is 17.2. The van der Waals surface area contributed by atoms with Crippen LogP contribution in [0.2, 0.25) is 0 Å². The number of carbonyl (C=O) groups excluding carboxylic acids is 1. The number of hydrogen-bond acceptors (Lipinski definition) is 4. The summed E-state index contributed by atoms with van der Waals surface area (Å²) in [5.41, 5.74) is 0.802. The van der Waals surface area contributed by atoms with Crippen LogP contribution in [-0.4, -0.2) is 52.1 Å². The number of aromatic nitrogens is 2. The minimum absolute atomic E-state index is 0.237. The normalized spacial score (nSPS) is 19.0. The van der Waals surface area contributed by atoms with E-state index in [-0.39, 0.29) is 11.4 Å². The van der Waals surface area contributed by atoms with Crippen LogP contribution in [-0.2, 0) is 6.54 Å². The molecule has 2 aromatic rings. The molecular weight excluding hydrogens is 320 g/mol. The van der Waals surface area contributed by atoms with E-state index in [1.165, 1.54) is 0 Å². The predicted molar refractivity (Wildman–Crippen MR) is 94.7 cm³/mol. The van der Waals surface area contributed by atoms with Gasteiger partial charge in [0.05, 0.1) is 19.8 Å². The molecule has 1 aliphatic rings. The van der Waals surface area contributed by atoms with Crippen molar-refractivity contribution in [2.24, 2.45) is 5.41 Å². The number of anilines is 1. The van der Waals surface area contributed by atoms with Gasteiger partial charge in [0, 0.05) is 30.8 Å². The molecule has 0 bridgehead atoms. The van der Waals surface area contributed by atoms with Gasteiger partial charge in [-0.3, -0.25) is 10.00 Å². The monoisotopic (exact) mass is 344 g/mol. The van der Waals surface area contributed by atoms with Gasteiger partial charge < -0.3 is 14.7 Å². The van der Waals surface area contributed by atoms with Gasteiger partial charge in [-0.15, -0.1) is 0 Å². The van der Waals surface area contributed by atoms with Crippen LogP contribution in [0.15, 0.2) is 36.5 Å². The maximum Gasteiger partial charge on any atom is 0.323 e. The Labute approximate surface area is 147 Å². The van der Waals surface area contributed by atoms with Crippen molar-refractivity contribution in [3.8, 4) is 5.75 Å². The molecule has 7 nitrogen and oxygen atoms in total. The van der Waals surface area contributed by atoms with Crippen molar-refractivity contribution in [1.82, 2.24) is 14.7 Å². The summed E-state index contributed by atoms with van der Waals surface area (Å²) in [6, 6.07) is 9.29. The van der Waals surface area contributed by atoms with E-state index in [2.05, 4.69) is 10.4 Å². The van der Waals surface area contributed by atoms with E-state index in [0.29, 0.717) is 25.5 Å². The first-order valence-corrected chi connectivity index (χ1v) is 8.28. The van der Waals surface area contributed by atoms with Gasteiger partial charge in [-0.1, -0.05) is 26.0 Å². The Morgan fingerprint density at radius 3 is 2.68 bits per heavy atom. The SMILES string of the molecule is COc1ccc(Cn2ccc(NC(=O)N3CC(O)C(C)(C)C3)n2)cc1. The molecule has 2 amide bonds. The van der Waals surface area contributed by atoms with Crippen molar-refractivity contribution in [2.75, 3.05) is 25.5 Å². The molecule has 1 fully saturated rings. The zero-order valence-electron chi connectivity index (χ0n) is 14.8. The van der Waals surface area contributed by atoms with Crippen LogP contribution >= 0.6 is 0 Å². The highest BCUT2D eigenvalue weighted by Crippen LogP contribution is 2.29. The summed E-state index contributed by atoms with van der Waals surface area (Å²) >= 11 is 0. The molecule has 1 atom stereocenters. The number of aliphatic hydroxyl groups excluding tert-OH is 1. The number of likely N-dealkylation sites (tertiary alicyclic amines) is 1. The summed E-state index contributed by atoms with van der Waals surface area (Å²) in [6.45, 7) is 5.37. The first-order chi connectivity index (χ1) is 11.9. The number of benzene rings is 1. The Kier molecular flexibility index (Phi) is 4.67. The molecule has 1 unspecified atom stereocenters. The smallest absolute Gasteiger partial charge is 0.323 e. The minimum atomic E-state index is -0.508. The average molecular weight is 344 g/mol. The van der Waals surface area contributed by atoms with Crippen LogP contribution in [0.1, 0.15) is 19.4 Å². The minimum Gasteiger partial charge on any atom is -0.497 e. The van der Waals surface area contributed by atoms with Crippen molar-refractivity contribution in [3.63, 3.8) is 0 Å². The van der Waals surface area contributed by atoms with Crippen LogP contribution in [0.25, 0.3) is 0 Å². The molecule has 3 rings (SSSR count). The van der Waals surface area contributed by atoms with Gasteiger partial charge >= 0.3 is 6.03 Å². The van der Waals surface area contributed by atoms with Crippen LogP contribution in [0, 0.1) is 5.41 Å².